The number of halogens is 1. The summed E-state index contributed by atoms with van der Waals surface area (Å²) in [6, 6.07) is 0. The van der Waals surface area contributed by atoms with E-state index >= 15 is 0 Å². The topological polar surface area (TPSA) is 77.0 Å². The Morgan fingerprint density at radius 2 is 2.43 bits per heavy atom. The van der Waals surface area contributed by atoms with Gasteiger partial charge in [0.25, 0.3) is 5.89 Å². The first kappa shape index (κ1) is 9.35. The van der Waals surface area contributed by atoms with Gasteiger partial charge in [-0.1, -0.05) is 5.16 Å². The standard InChI is InChI=1S/C7H7BrN4O2/c1-12-6(4(8)2-9-12)7-10-5(3-13)11-14-7/h2,13H,3H2,1H3. The highest BCUT2D eigenvalue weighted by atomic mass is 79.9. The summed E-state index contributed by atoms with van der Waals surface area (Å²) in [5, 5.41) is 16.3. The zero-order valence-corrected chi connectivity index (χ0v) is 8.89. The van der Waals surface area contributed by atoms with Gasteiger partial charge in [0.2, 0.25) is 0 Å². The van der Waals surface area contributed by atoms with Gasteiger partial charge in [0.1, 0.15) is 12.3 Å². The van der Waals surface area contributed by atoms with Crippen LogP contribution in [-0.2, 0) is 13.7 Å². The lowest BCUT2D eigenvalue weighted by Crippen LogP contribution is -1.94. The number of aromatic nitrogens is 4. The molecule has 0 unspecified atom stereocenters. The number of aliphatic hydroxyl groups excluding tert-OH is 1. The minimum Gasteiger partial charge on any atom is -0.388 e. The summed E-state index contributed by atoms with van der Waals surface area (Å²) in [6.45, 7) is -0.237. The number of hydrogen-bond acceptors (Lipinski definition) is 5. The Morgan fingerprint density at radius 3 is 2.93 bits per heavy atom. The van der Waals surface area contributed by atoms with Gasteiger partial charge >= 0.3 is 0 Å². The molecule has 0 radical (unpaired) electrons. The van der Waals surface area contributed by atoms with E-state index in [2.05, 4.69) is 31.2 Å². The van der Waals surface area contributed by atoms with Crippen molar-refractivity contribution >= 4 is 15.9 Å². The molecule has 0 bridgehead atoms. The zero-order chi connectivity index (χ0) is 10.1. The third kappa shape index (κ3) is 1.44. The predicted molar refractivity (Wildman–Crippen MR) is 50.1 cm³/mol. The molecule has 14 heavy (non-hydrogen) atoms. The van der Waals surface area contributed by atoms with Crippen LogP contribution in [0.3, 0.4) is 0 Å². The average molecular weight is 259 g/mol. The predicted octanol–water partition coefficient (Wildman–Crippen LogP) is 0.725. The fraction of sp³-hybridized carbons (Fsp3) is 0.286. The molecule has 0 fully saturated rings. The van der Waals surface area contributed by atoms with Gasteiger partial charge in [0.15, 0.2) is 5.82 Å². The molecule has 0 saturated heterocycles. The maximum Gasteiger partial charge on any atom is 0.277 e. The van der Waals surface area contributed by atoms with Crippen LogP contribution in [0, 0.1) is 0 Å². The molecule has 0 spiro atoms. The highest BCUT2D eigenvalue weighted by Crippen LogP contribution is 2.25. The molecule has 2 aromatic heterocycles. The van der Waals surface area contributed by atoms with Crippen molar-refractivity contribution in [3.05, 3.63) is 16.5 Å². The highest BCUT2D eigenvalue weighted by molar-refractivity contribution is 9.10. The van der Waals surface area contributed by atoms with Crippen LogP contribution in [0.15, 0.2) is 15.2 Å². The van der Waals surface area contributed by atoms with Crippen LogP contribution < -0.4 is 0 Å². The van der Waals surface area contributed by atoms with Crippen LogP contribution in [0.5, 0.6) is 0 Å². The molecule has 0 aromatic carbocycles. The summed E-state index contributed by atoms with van der Waals surface area (Å²) in [6.07, 6.45) is 1.64. The summed E-state index contributed by atoms with van der Waals surface area (Å²) < 4.78 is 7.33. The van der Waals surface area contributed by atoms with Crippen LogP contribution in [0.2, 0.25) is 0 Å². The van der Waals surface area contributed by atoms with Gasteiger partial charge in [0.05, 0.1) is 10.7 Å². The van der Waals surface area contributed by atoms with Crippen LogP contribution in [-0.4, -0.2) is 25.0 Å². The highest BCUT2D eigenvalue weighted by Gasteiger charge is 2.15. The number of nitrogens with zero attached hydrogens (tertiary/aromatic N) is 4. The molecule has 74 valence electrons. The first-order chi connectivity index (χ1) is 6.72. The van der Waals surface area contributed by atoms with Gasteiger partial charge in [-0.25, -0.2) is 0 Å². The van der Waals surface area contributed by atoms with Crippen molar-refractivity contribution in [2.75, 3.05) is 0 Å². The Labute approximate surface area is 87.7 Å². The normalized spacial score (nSPS) is 10.8. The zero-order valence-electron chi connectivity index (χ0n) is 7.31. The van der Waals surface area contributed by atoms with E-state index in [-0.39, 0.29) is 12.4 Å². The SMILES string of the molecule is Cn1ncc(Br)c1-c1nc(CO)no1. The van der Waals surface area contributed by atoms with Crippen molar-refractivity contribution in [3.63, 3.8) is 0 Å². The Balaban J connectivity index is 2.48. The van der Waals surface area contributed by atoms with Crippen LogP contribution in [0.1, 0.15) is 5.82 Å². The second-order valence-electron chi connectivity index (χ2n) is 2.64. The lowest BCUT2D eigenvalue weighted by molar-refractivity contribution is 0.264. The summed E-state index contributed by atoms with van der Waals surface area (Å²) in [5.74, 6) is 0.592. The molecule has 0 atom stereocenters. The van der Waals surface area contributed by atoms with E-state index in [0.717, 1.165) is 4.47 Å². The summed E-state index contributed by atoms with van der Waals surface area (Å²) in [7, 11) is 1.77. The number of aliphatic hydroxyl groups is 1. The molecule has 0 saturated carbocycles. The van der Waals surface area contributed by atoms with Gasteiger partial charge < -0.3 is 9.63 Å². The van der Waals surface area contributed by atoms with Crippen molar-refractivity contribution in [1.82, 2.24) is 19.9 Å². The summed E-state index contributed by atoms with van der Waals surface area (Å²) in [5.41, 5.74) is 0.692. The van der Waals surface area contributed by atoms with Gasteiger partial charge in [-0.2, -0.15) is 10.1 Å². The van der Waals surface area contributed by atoms with E-state index in [0.29, 0.717) is 11.6 Å². The fourth-order valence-corrected chi connectivity index (χ4v) is 1.58. The first-order valence-corrected chi connectivity index (χ1v) is 4.63. The second-order valence-corrected chi connectivity index (χ2v) is 3.49. The Hall–Kier alpha value is -1.21. The van der Waals surface area contributed by atoms with E-state index in [1.54, 1.807) is 17.9 Å². The van der Waals surface area contributed by atoms with E-state index < -0.39 is 0 Å². The van der Waals surface area contributed by atoms with Crippen molar-refractivity contribution in [2.24, 2.45) is 7.05 Å². The largest absolute Gasteiger partial charge is 0.388 e. The molecule has 0 aliphatic heterocycles. The molecule has 6 nitrogen and oxygen atoms in total. The van der Waals surface area contributed by atoms with Crippen LogP contribution in [0.4, 0.5) is 0 Å². The van der Waals surface area contributed by atoms with Gasteiger partial charge in [-0.3, -0.25) is 4.68 Å². The molecule has 2 heterocycles. The third-order valence-electron chi connectivity index (χ3n) is 1.71. The molecular formula is C7H7BrN4O2. The maximum atomic E-state index is 8.77. The van der Waals surface area contributed by atoms with Crippen molar-refractivity contribution in [2.45, 2.75) is 6.61 Å². The van der Waals surface area contributed by atoms with Crippen molar-refractivity contribution < 1.29 is 9.63 Å². The number of rotatable bonds is 2. The lowest BCUT2D eigenvalue weighted by Gasteiger charge is -1.94. The quantitative estimate of drug-likeness (QED) is 0.860. The summed E-state index contributed by atoms with van der Waals surface area (Å²) >= 11 is 3.31. The van der Waals surface area contributed by atoms with E-state index in [4.69, 9.17) is 9.63 Å². The maximum absolute atomic E-state index is 8.77. The van der Waals surface area contributed by atoms with E-state index in [1.807, 2.05) is 0 Å². The fourth-order valence-electron chi connectivity index (χ4n) is 1.07. The van der Waals surface area contributed by atoms with Gasteiger partial charge in [-0.05, 0) is 15.9 Å². The Kier molecular flexibility index (Phi) is 2.34. The molecule has 1 N–H and O–H groups in total. The molecule has 0 amide bonds. The molecule has 2 aromatic rings. The number of aryl methyl sites for hydroxylation is 1. The number of hydrogen-bond donors (Lipinski definition) is 1. The van der Waals surface area contributed by atoms with Gasteiger partial charge in [-0.15, -0.1) is 0 Å². The monoisotopic (exact) mass is 258 g/mol. The first-order valence-electron chi connectivity index (χ1n) is 3.83. The molecule has 7 heteroatoms. The minimum absolute atomic E-state index is 0.237. The smallest absolute Gasteiger partial charge is 0.277 e. The molecule has 0 aliphatic rings. The summed E-state index contributed by atoms with van der Waals surface area (Å²) in [4.78, 5) is 3.97. The van der Waals surface area contributed by atoms with Crippen molar-refractivity contribution in [3.8, 4) is 11.6 Å². The van der Waals surface area contributed by atoms with E-state index in [1.165, 1.54) is 0 Å². The lowest BCUT2D eigenvalue weighted by atomic mass is 10.4. The second kappa shape index (κ2) is 3.50. The minimum atomic E-state index is -0.237. The van der Waals surface area contributed by atoms with Crippen molar-refractivity contribution in [1.29, 1.82) is 0 Å². The molecular weight excluding hydrogens is 252 g/mol. The van der Waals surface area contributed by atoms with Crippen LogP contribution in [0.25, 0.3) is 11.6 Å². The van der Waals surface area contributed by atoms with Gasteiger partial charge in [0, 0.05) is 7.05 Å². The third-order valence-corrected chi connectivity index (χ3v) is 2.29. The molecule has 2 rings (SSSR count). The van der Waals surface area contributed by atoms with E-state index in [9.17, 15) is 0 Å². The Morgan fingerprint density at radius 1 is 1.64 bits per heavy atom. The Bertz CT molecular complexity index is 431. The van der Waals surface area contributed by atoms with Crippen LogP contribution >= 0.6 is 15.9 Å². The molecule has 0 aliphatic carbocycles. The average Bonchev–Trinajstić information content (AvgIpc) is 2.73.